The fraction of sp³-hybridized carbons (Fsp3) is 0.0833. The average molecular weight is 452 g/mol. The molecule has 2 aromatic rings. The summed E-state index contributed by atoms with van der Waals surface area (Å²) >= 11 is 0. The summed E-state index contributed by atoms with van der Waals surface area (Å²) < 4.78 is 0. The summed E-state index contributed by atoms with van der Waals surface area (Å²) in [5.74, 6) is 0. The summed E-state index contributed by atoms with van der Waals surface area (Å²) in [5, 5.41) is 1.19. The van der Waals surface area contributed by atoms with Crippen molar-refractivity contribution in [1.82, 2.24) is 4.98 Å². The molecule has 2 radical (unpaired) electrons. The van der Waals surface area contributed by atoms with Gasteiger partial charge in [0, 0.05) is 63.9 Å². The number of benzene rings is 1. The van der Waals surface area contributed by atoms with E-state index in [1.165, 1.54) is 5.39 Å². The maximum Gasteiger partial charge on any atom is 0.0704 e. The summed E-state index contributed by atoms with van der Waals surface area (Å²) in [7, 11) is 0. The third-order valence-electron chi connectivity index (χ3n) is 1.91. The van der Waals surface area contributed by atoms with Gasteiger partial charge in [0.15, 0.2) is 0 Å². The molecule has 0 amide bonds. The molecule has 0 N–H and O–H groups in total. The Morgan fingerprint density at radius 3 is 2.40 bits per heavy atom. The van der Waals surface area contributed by atoms with Crippen LogP contribution in [0.2, 0.25) is 0 Å². The van der Waals surface area contributed by atoms with E-state index >= 15 is 0 Å². The van der Waals surface area contributed by atoms with Crippen LogP contribution in [-0.2, 0) is 59.2 Å². The van der Waals surface area contributed by atoms with Gasteiger partial charge in [0.25, 0.3) is 0 Å². The van der Waals surface area contributed by atoms with Crippen LogP contribution in [0.3, 0.4) is 0 Å². The van der Waals surface area contributed by atoms with Crippen molar-refractivity contribution < 1.29 is 52.8 Å². The van der Waals surface area contributed by atoms with Gasteiger partial charge in [-0.2, -0.15) is 0 Å². The van der Waals surface area contributed by atoms with Crippen LogP contribution in [0.5, 0.6) is 0 Å². The fourth-order valence-electron chi connectivity index (χ4n) is 1.25. The number of aromatic nitrogens is 1. The van der Waals surface area contributed by atoms with E-state index in [2.05, 4.69) is 24.0 Å². The van der Waals surface area contributed by atoms with Crippen molar-refractivity contribution in [3.8, 4) is 0 Å². The molecule has 0 aliphatic carbocycles. The first-order valence-electron chi connectivity index (χ1n) is 4.04. The second kappa shape index (κ2) is 8.53. The molecule has 1 heterocycles. The Bertz CT molecular complexity index is 403. The Balaban J connectivity index is 0. The van der Waals surface area contributed by atoms with Gasteiger partial charge in [0.2, 0.25) is 0 Å². The van der Waals surface area contributed by atoms with Gasteiger partial charge in [0.05, 0.1) is 5.52 Å². The molecule has 0 saturated carbocycles. The molecule has 0 aliphatic heterocycles. The number of hydrogen-bond acceptors (Lipinski definition) is 1. The molecule has 1 nitrogen and oxygen atoms in total. The molecular formula is C12H13IrNY-2. The van der Waals surface area contributed by atoms with E-state index in [0.29, 0.717) is 0 Å². The van der Waals surface area contributed by atoms with Crippen LogP contribution < -0.4 is 0 Å². The van der Waals surface area contributed by atoms with Gasteiger partial charge in [-0.15, -0.1) is 6.42 Å². The number of nitrogens with zero attached hydrogens (tertiary/aromatic N) is 1. The third kappa shape index (κ3) is 4.40. The summed E-state index contributed by atoms with van der Waals surface area (Å²) in [4.78, 5) is 4.43. The van der Waals surface area contributed by atoms with Gasteiger partial charge < -0.3 is 14.4 Å². The predicted molar refractivity (Wildman–Crippen MR) is 57.2 cm³/mol. The van der Waals surface area contributed by atoms with Crippen molar-refractivity contribution in [2.75, 3.05) is 0 Å². The topological polar surface area (TPSA) is 12.9 Å². The Morgan fingerprint density at radius 2 is 1.73 bits per heavy atom. The Hall–Kier alpha value is 0.383. The van der Waals surface area contributed by atoms with E-state index in [1.54, 1.807) is 0 Å². The predicted octanol–water partition coefficient (Wildman–Crippen LogP) is 3.06. The molecule has 2 rings (SSSR count). The standard InChI is InChI=1S/C11H10N.CH3.Ir.Y/c1-2-10-8-7-9-5-3-4-6-11(9)12-10;;;/h3-8H,1-2H2;1H3;;/q2*-1;;. The van der Waals surface area contributed by atoms with Crippen molar-refractivity contribution >= 4 is 10.9 Å². The molecule has 0 bridgehead atoms. The van der Waals surface area contributed by atoms with E-state index in [0.717, 1.165) is 17.6 Å². The zero-order chi connectivity index (χ0) is 8.39. The van der Waals surface area contributed by atoms with Crippen molar-refractivity contribution in [1.29, 1.82) is 0 Å². The van der Waals surface area contributed by atoms with Crippen LogP contribution in [0.4, 0.5) is 0 Å². The summed E-state index contributed by atoms with van der Waals surface area (Å²) in [5.41, 5.74) is 2.10. The van der Waals surface area contributed by atoms with Crippen molar-refractivity contribution in [3.63, 3.8) is 0 Å². The van der Waals surface area contributed by atoms with Crippen LogP contribution in [-0.4, -0.2) is 4.98 Å². The monoisotopic (exact) mass is 453 g/mol. The van der Waals surface area contributed by atoms with Crippen LogP contribution >= 0.6 is 0 Å². The largest absolute Gasteiger partial charge is 0.358 e. The molecule has 0 fully saturated rings. The molecule has 80 valence electrons. The second-order valence-corrected chi connectivity index (χ2v) is 2.75. The van der Waals surface area contributed by atoms with Crippen LogP contribution in [0.25, 0.3) is 10.9 Å². The summed E-state index contributed by atoms with van der Waals surface area (Å²) in [6.45, 7) is 3.80. The van der Waals surface area contributed by atoms with Gasteiger partial charge in [-0.1, -0.05) is 24.3 Å². The molecule has 0 spiro atoms. The smallest absolute Gasteiger partial charge is 0.0704 e. The Kier molecular flexibility index (Phi) is 10.1. The first-order valence-corrected chi connectivity index (χ1v) is 4.04. The molecule has 0 aliphatic rings. The molecule has 0 atom stereocenters. The molecule has 3 heteroatoms. The minimum absolute atomic E-state index is 0. The normalized spacial score (nSPS) is 8.33. The summed E-state index contributed by atoms with van der Waals surface area (Å²) in [6.07, 6.45) is 0.755. The molecule has 1 aromatic heterocycles. The number of hydrogen-bond donors (Lipinski definition) is 0. The van der Waals surface area contributed by atoms with E-state index in [1.807, 2.05) is 24.3 Å². The van der Waals surface area contributed by atoms with Gasteiger partial charge in [-0.25, -0.2) is 0 Å². The first kappa shape index (κ1) is 17.8. The Morgan fingerprint density at radius 1 is 1.07 bits per heavy atom. The zero-order valence-corrected chi connectivity index (χ0v) is 14.0. The van der Waals surface area contributed by atoms with Gasteiger partial charge in [-0.05, 0) is 12.1 Å². The molecule has 1 aromatic carbocycles. The maximum absolute atomic E-state index is 4.43. The molecule has 15 heavy (non-hydrogen) atoms. The Labute approximate surface area is 130 Å². The SMILES string of the molecule is [CH2-]Cc1ccc2ccccc2n1.[CH3-].[Ir].[Y]. The van der Waals surface area contributed by atoms with Crippen LogP contribution in [0.1, 0.15) is 5.69 Å². The van der Waals surface area contributed by atoms with Crippen molar-refractivity contribution in [2.45, 2.75) is 6.42 Å². The van der Waals surface area contributed by atoms with Crippen LogP contribution in [0, 0.1) is 14.4 Å². The fourth-order valence-corrected chi connectivity index (χ4v) is 1.25. The quantitative estimate of drug-likeness (QED) is 0.607. The zero-order valence-electron chi connectivity index (χ0n) is 8.74. The van der Waals surface area contributed by atoms with Gasteiger partial charge in [-0.3, -0.25) is 4.98 Å². The summed E-state index contributed by atoms with van der Waals surface area (Å²) in [6, 6.07) is 12.2. The minimum Gasteiger partial charge on any atom is -0.358 e. The number of rotatable bonds is 1. The third-order valence-corrected chi connectivity index (χ3v) is 1.91. The van der Waals surface area contributed by atoms with E-state index < -0.39 is 0 Å². The first-order chi connectivity index (χ1) is 5.90. The number of fused-ring (bicyclic) bond motifs is 1. The van der Waals surface area contributed by atoms with E-state index in [4.69, 9.17) is 0 Å². The number of para-hydroxylation sites is 1. The van der Waals surface area contributed by atoms with Crippen molar-refractivity contribution in [3.05, 3.63) is 56.4 Å². The van der Waals surface area contributed by atoms with Crippen LogP contribution in [0.15, 0.2) is 36.4 Å². The van der Waals surface area contributed by atoms with E-state index in [-0.39, 0.29) is 60.2 Å². The average Bonchev–Trinajstić information content (AvgIpc) is 2.17. The maximum atomic E-state index is 4.43. The van der Waals surface area contributed by atoms with E-state index in [9.17, 15) is 0 Å². The van der Waals surface area contributed by atoms with Gasteiger partial charge >= 0.3 is 0 Å². The second-order valence-electron chi connectivity index (χ2n) is 2.75. The van der Waals surface area contributed by atoms with Gasteiger partial charge in [0.1, 0.15) is 0 Å². The minimum atomic E-state index is 0. The molecule has 0 saturated heterocycles. The van der Waals surface area contributed by atoms with Crippen molar-refractivity contribution in [2.24, 2.45) is 0 Å². The number of pyridine rings is 1. The molecular weight excluding hydrogens is 439 g/mol. The molecule has 0 unspecified atom stereocenters.